The van der Waals surface area contributed by atoms with Gasteiger partial charge in [0.25, 0.3) is 0 Å². The van der Waals surface area contributed by atoms with Gasteiger partial charge in [0.15, 0.2) is 6.29 Å². The molecule has 0 aromatic carbocycles. The number of nitriles is 1. The van der Waals surface area contributed by atoms with Crippen molar-refractivity contribution in [2.45, 2.75) is 0 Å². The molecule has 0 spiro atoms. The molecular formula is C11H6N2OS. The summed E-state index contributed by atoms with van der Waals surface area (Å²) in [6, 6.07) is 10.8. The van der Waals surface area contributed by atoms with E-state index in [1.165, 1.54) is 11.3 Å². The number of aldehydes is 1. The predicted octanol–water partition coefficient (Wildman–Crippen LogP) is 2.49. The number of carbonyl (C=O) groups is 1. The zero-order chi connectivity index (χ0) is 10.7. The molecule has 0 aliphatic heterocycles. The molecule has 2 aromatic rings. The van der Waals surface area contributed by atoms with Crippen molar-refractivity contribution in [1.82, 2.24) is 4.98 Å². The lowest BCUT2D eigenvalue weighted by molar-refractivity contribution is 0.112. The topological polar surface area (TPSA) is 53.8 Å². The van der Waals surface area contributed by atoms with Crippen molar-refractivity contribution in [2.24, 2.45) is 0 Å². The largest absolute Gasteiger partial charge is 0.297 e. The van der Waals surface area contributed by atoms with Crippen LogP contribution in [0.1, 0.15) is 15.4 Å². The minimum atomic E-state index is 0.383. The Balaban J connectivity index is 2.45. The van der Waals surface area contributed by atoms with E-state index in [1.54, 1.807) is 18.2 Å². The quantitative estimate of drug-likeness (QED) is 0.722. The second-order valence-corrected chi connectivity index (χ2v) is 3.96. The molecule has 3 nitrogen and oxygen atoms in total. The molecule has 0 atom stereocenters. The summed E-state index contributed by atoms with van der Waals surface area (Å²) >= 11 is 1.37. The zero-order valence-corrected chi connectivity index (χ0v) is 8.49. The summed E-state index contributed by atoms with van der Waals surface area (Å²) < 4.78 is 0. The van der Waals surface area contributed by atoms with Crippen molar-refractivity contribution in [2.75, 3.05) is 0 Å². The average molecular weight is 214 g/mol. The first-order valence-electron chi connectivity index (χ1n) is 4.26. The number of hydrogen-bond donors (Lipinski definition) is 0. The Hall–Kier alpha value is -1.99. The Labute approximate surface area is 90.6 Å². The van der Waals surface area contributed by atoms with Crippen LogP contribution in [0.25, 0.3) is 10.6 Å². The van der Waals surface area contributed by atoms with E-state index >= 15 is 0 Å². The fourth-order valence-electron chi connectivity index (χ4n) is 1.19. The molecule has 2 aromatic heterocycles. The lowest BCUT2D eigenvalue weighted by Crippen LogP contribution is -1.84. The molecule has 72 valence electrons. The smallest absolute Gasteiger partial charge is 0.160 e. The highest BCUT2D eigenvalue weighted by molar-refractivity contribution is 7.17. The summed E-state index contributed by atoms with van der Waals surface area (Å²) in [5.41, 5.74) is 1.11. The van der Waals surface area contributed by atoms with Crippen molar-refractivity contribution >= 4 is 17.6 Å². The Morgan fingerprint density at radius 3 is 2.87 bits per heavy atom. The van der Waals surface area contributed by atoms with E-state index in [9.17, 15) is 4.79 Å². The number of aromatic nitrogens is 1. The maximum Gasteiger partial charge on any atom is 0.160 e. The molecule has 0 fully saturated rings. The third-order valence-electron chi connectivity index (χ3n) is 1.86. The molecule has 4 heteroatoms. The third-order valence-corrected chi connectivity index (χ3v) is 2.89. The standard InChI is InChI=1S/C11H6N2OS/c12-6-8-2-1-3-10(13-8)11-5-4-9(7-14)15-11/h1-5,7H. The lowest BCUT2D eigenvalue weighted by Gasteiger charge is -1.95. The maximum absolute atomic E-state index is 10.5. The summed E-state index contributed by atoms with van der Waals surface area (Å²) in [6.45, 7) is 0. The van der Waals surface area contributed by atoms with Gasteiger partial charge in [0, 0.05) is 0 Å². The van der Waals surface area contributed by atoms with Crippen molar-refractivity contribution in [3.8, 4) is 16.6 Å². The number of pyridine rings is 1. The van der Waals surface area contributed by atoms with Crippen molar-refractivity contribution in [1.29, 1.82) is 5.26 Å². The van der Waals surface area contributed by atoms with Crippen LogP contribution in [0.3, 0.4) is 0 Å². The molecule has 2 heterocycles. The van der Waals surface area contributed by atoms with Gasteiger partial charge in [-0.2, -0.15) is 5.26 Å². The van der Waals surface area contributed by atoms with Gasteiger partial charge in [-0.3, -0.25) is 4.79 Å². The van der Waals surface area contributed by atoms with Gasteiger partial charge >= 0.3 is 0 Å². The van der Waals surface area contributed by atoms with Crippen LogP contribution in [0.15, 0.2) is 30.3 Å². The first-order valence-corrected chi connectivity index (χ1v) is 5.07. The number of rotatable bonds is 2. The third kappa shape index (κ3) is 1.92. The zero-order valence-electron chi connectivity index (χ0n) is 7.68. The highest BCUT2D eigenvalue weighted by Gasteiger charge is 2.04. The van der Waals surface area contributed by atoms with Crippen LogP contribution in [-0.2, 0) is 0 Å². The van der Waals surface area contributed by atoms with E-state index in [0.29, 0.717) is 10.6 Å². The van der Waals surface area contributed by atoms with Crippen LogP contribution in [0.5, 0.6) is 0 Å². The fourth-order valence-corrected chi connectivity index (χ4v) is 1.98. The van der Waals surface area contributed by atoms with Gasteiger partial charge in [0.05, 0.1) is 15.4 Å². The van der Waals surface area contributed by atoms with E-state index in [4.69, 9.17) is 5.26 Å². The predicted molar refractivity (Wildman–Crippen MR) is 57.7 cm³/mol. The van der Waals surface area contributed by atoms with E-state index in [1.807, 2.05) is 18.2 Å². The van der Waals surface area contributed by atoms with Crippen LogP contribution < -0.4 is 0 Å². The Morgan fingerprint density at radius 1 is 1.33 bits per heavy atom. The van der Waals surface area contributed by atoms with E-state index in [-0.39, 0.29) is 0 Å². The van der Waals surface area contributed by atoms with Crippen molar-refractivity contribution < 1.29 is 4.79 Å². The lowest BCUT2D eigenvalue weighted by atomic mass is 10.3. The van der Waals surface area contributed by atoms with Gasteiger partial charge in [-0.1, -0.05) is 6.07 Å². The monoisotopic (exact) mass is 214 g/mol. The van der Waals surface area contributed by atoms with E-state index < -0.39 is 0 Å². The number of hydrogen-bond acceptors (Lipinski definition) is 4. The highest BCUT2D eigenvalue weighted by Crippen LogP contribution is 2.25. The molecule has 2 rings (SSSR count). The second-order valence-electron chi connectivity index (χ2n) is 2.84. The summed E-state index contributed by atoms with van der Waals surface area (Å²) in [7, 11) is 0. The van der Waals surface area contributed by atoms with Gasteiger partial charge in [-0.15, -0.1) is 11.3 Å². The minimum absolute atomic E-state index is 0.383. The molecule has 0 radical (unpaired) electrons. The Morgan fingerprint density at radius 2 is 2.20 bits per heavy atom. The molecular weight excluding hydrogens is 208 g/mol. The van der Waals surface area contributed by atoms with Crippen molar-refractivity contribution in [3.63, 3.8) is 0 Å². The minimum Gasteiger partial charge on any atom is -0.297 e. The molecule has 0 amide bonds. The molecule has 0 aliphatic carbocycles. The second kappa shape index (κ2) is 4.03. The SMILES string of the molecule is N#Cc1cccc(-c2ccc(C=O)s2)n1. The Kier molecular flexibility index (Phi) is 2.57. The van der Waals surface area contributed by atoms with Gasteiger partial charge in [-0.25, -0.2) is 4.98 Å². The van der Waals surface area contributed by atoms with Crippen LogP contribution in [0.4, 0.5) is 0 Å². The van der Waals surface area contributed by atoms with E-state index in [2.05, 4.69) is 4.98 Å². The molecule has 0 unspecified atom stereocenters. The molecule has 0 aliphatic rings. The summed E-state index contributed by atoms with van der Waals surface area (Å²) in [6.07, 6.45) is 0.808. The van der Waals surface area contributed by atoms with Crippen LogP contribution in [0.2, 0.25) is 0 Å². The van der Waals surface area contributed by atoms with Gasteiger partial charge in [0.2, 0.25) is 0 Å². The normalized spacial score (nSPS) is 9.53. The molecule has 0 saturated heterocycles. The number of thiophene rings is 1. The van der Waals surface area contributed by atoms with Gasteiger partial charge in [0.1, 0.15) is 11.8 Å². The summed E-state index contributed by atoms with van der Waals surface area (Å²) in [5, 5.41) is 8.70. The Bertz CT molecular complexity index is 540. The summed E-state index contributed by atoms with van der Waals surface area (Å²) in [4.78, 5) is 16.2. The van der Waals surface area contributed by atoms with Gasteiger partial charge < -0.3 is 0 Å². The fraction of sp³-hybridized carbons (Fsp3) is 0. The average Bonchev–Trinajstić information content (AvgIpc) is 2.78. The van der Waals surface area contributed by atoms with Crippen LogP contribution in [-0.4, -0.2) is 11.3 Å². The van der Waals surface area contributed by atoms with E-state index in [0.717, 1.165) is 16.9 Å². The number of nitrogens with zero attached hydrogens (tertiary/aromatic N) is 2. The van der Waals surface area contributed by atoms with Crippen LogP contribution >= 0.6 is 11.3 Å². The van der Waals surface area contributed by atoms with Crippen molar-refractivity contribution in [3.05, 3.63) is 40.9 Å². The molecule has 0 saturated carbocycles. The van der Waals surface area contributed by atoms with Gasteiger partial charge in [-0.05, 0) is 24.3 Å². The first-order chi connectivity index (χ1) is 7.33. The van der Waals surface area contributed by atoms with Crippen LogP contribution in [0, 0.1) is 11.3 Å². The molecule has 0 bridgehead atoms. The molecule has 0 N–H and O–H groups in total. The summed E-state index contributed by atoms with van der Waals surface area (Å²) in [5.74, 6) is 0. The highest BCUT2D eigenvalue weighted by atomic mass is 32.1. The number of carbonyl (C=O) groups excluding carboxylic acids is 1. The first kappa shape index (κ1) is 9.56. The molecule has 15 heavy (non-hydrogen) atoms. The maximum atomic E-state index is 10.5.